The molecule has 0 unspecified atom stereocenters. The zero-order valence-corrected chi connectivity index (χ0v) is 10.5. The third-order valence-corrected chi connectivity index (χ3v) is 3.40. The molecule has 3 N–H and O–H groups in total. The number of hydrogen-bond acceptors (Lipinski definition) is 3. The van der Waals surface area contributed by atoms with Crippen LogP contribution in [0.25, 0.3) is 0 Å². The monoisotopic (exact) mass is 247 g/mol. The molecule has 1 aliphatic heterocycles. The highest BCUT2D eigenvalue weighted by molar-refractivity contribution is 5.85. The molecule has 0 aromatic heterocycles. The van der Waals surface area contributed by atoms with E-state index in [-0.39, 0.29) is 24.4 Å². The summed E-state index contributed by atoms with van der Waals surface area (Å²) >= 11 is 0. The minimum absolute atomic E-state index is 0. The van der Waals surface area contributed by atoms with E-state index in [1.165, 1.54) is 12.8 Å². The van der Waals surface area contributed by atoms with Gasteiger partial charge >= 0.3 is 0 Å². The molecule has 16 heavy (non-hydrogen) atoms. The summed E-state index contributed by atoms with van der Waals surface area (Å²) in [6.07, 6.45) is 5.87. The molecule has 0 aromatic rings. The second-order valence-electron chi connectivity index (χ2n) is 4.83. The molecular weight excluding hydrogens is 226 g/mol. The van der Waals surface area contributed by atoms with Gasteiger partial charge in [-0.25, -0.2) is 0 Å². The number of carbonyl (C=O) groups is 1. The van der Waals surface area contributed by atoms with E-state index in [1.54, 1.807) is 0 Å². The van der Waals surface area contributed by atoms with Crippen LogP contribution in [0.4, 0.5) is 0 Å². The Hall–Kier alpha value is -0.320. The van der Waals surface area contributed by atoms with Crippen molar-refractivity contribution in [2.45, 2.75) is 44.2 Å². The van der Waals surface area contributed by atoms with Crippen molar-refractivity contribution in [1.29, 1.82) is 0 Å². The summed E-state index contributed by atoms with van der Waals surface area (Å²) < 4.78 is 0. The molecule has 94 valence electrons. The van der Waals surface area contributed by atoms with Crippen LogP contribution in [0.2, 0.25) is 0 Å². The van der Waals surface area contributed by atoms with Crippen LogP contribution in [0, 0.1) is 0 Å². The zero-order valence-electron chi connectivity index (χ0n) is 9.65. The largest absolute Gasteiger partial charge is 0.352 e. The number of nitrogens with zero attached hydrogens (tertiary/aromatic N) is 1. The van der Waals surface area contributed by atoms with Crippen LogP contribution in [-0.4, -0.2) is 42.5 Å². The second-order valence-corrected chi connectivity index (χ2v) is 4.83. The van der Waals surface area contributed by atoms with Gasteiger partial charge < -0.3 is 11.1 Å². The Morgan fingerprint density at radius 2 is 2.00 bits per heavy atom. The smallest absolute Gasteiger partial charge is 0.234 e. The topological polar surface area (TPSA) is 58.4 Å². The zero-order chi connectivity index (χ0) is 10.7. The lowest BCUT2D eigenvalue weighted by Gasteiger charge is -2.17. The molecule has 4 nitrogen and oxygen atoms in total. The molecule has 1 atom stereocenters. The minimum Gasteiger partial charge on any atom is -0.352 e. The molecule has 1 saturated heterocycles. The lowest BCUT2D eigenvalue weighted by Crippen LogP contribution is -2.41. The molecule has 0 spiro atoms. The first-order chi connectivity index (χ1) is 7.24. The van der Waals surface area contributed by atoms with E-state index in [0.29, 0.717) is 12.6 Å². The number of amides is 1. The van der Waals surface area contributed by atoms with Gasteiger partial charge in [0.15, 0.2) is 0 Å². The lowest BCUT2D eigenvalue weighted by molar-refractivity contribution is -0.122. The number of nitrogens with one attached hydrogen (secondary N) is 1. The molecule has 1 aliphatic carbocycles. The summed E-state index contributed by atoms with van der Waals surface area (Å²) in [4.78, 5) is 13.8. The SMILES string of the molecule is Cl.N[C@@H]1CCN(CC(=O)NC2CCCC2)C1. The Morgan fingerprint density at radius 1 is 1.31 bits per heavy atom. The van der Waals surface area contributed by atoms with Crippen LogP contribution in [0.1, 0.15) is 32.1 Å². The van der Waals surface area contributed by atoms with Gasteiger partial charge in [0.1, 0.15) is 0 Å². The fourth-order valence-corrected chi connectivity index (χ4v) is 2.55. The Balaban J connectivity index is 0.00000128. The maximum atomic E-state index is 11.7. The molecule has 0 radical (unpaired) electrons. The van der Waals surface area contributed by atoms with E-state index in [9.17, 15) is 4.79 Å². The molecular formula is C11H22ClN3O. The standard InChI is InChI=1S/C11H21N3O.ClH/c12-9-5-6-14(7-9)8-11(15)13-10-3-1-2-4-10;/h9-10H,1-8,12H2,(H,13,15);1H/t9-;/m1./s1. The summed E-state index contributed by atoms with van der Waals surface area (Å²) in [5.74, 6) is 0.177. The van der Waals surface area contributed by atoms with E-state index in [2.05, 4.69) is 10.2 Å². The molecule has 1 saturated carbocycles. The Labute approximate surface area is 103 Å². The van der Waals surface area contributed by atoms with E-state index in [0.717, 1.165) is 32.4 Å². The van der Waals surface area contributed by atoms with Crippen molar-refractivity contribution in [2.24, 2.45) is 5.73 Å². The summed E-state index contributed by atoms with van der Waals surface area (Å²) in [7, 11) is 0. The molecule has 1 amide bonds. The number of halogens is 1. The normalized spacial score (nSPS) is 26.7. The third kappa shape index (κ3) is 3.92. The van der Waals surface area contributed by atoms with E-state index >= 15 is 0 Å². The summed E-state index contributed by atoms with van der Waals surface area (Å²) in [5, 5.41) is 3.10. The average molecular weight is 248 g/mol. The van der Waals surface area contributed by atoms with E-state index < -0.39 is 0 Å². The van der Waals surface area contributed by atoms with Crippen LogP contribution in [0.15, 0.2) is 0 Å². The van der Waals surface area contributed by atoms with Gasteiger partial charge in [-0.05, 0) is 19.3 Å². The van der Waals surface area contributed by atoms with Crippen molar-refractivity contribution >= 4 is 18.3 Å². The maximum absolute atomic E-state index is 11.7. The molecule has 0 bridgehead atoms. The highest BCUT2D eigenvalue weighted by atomic mass is 35.5. The fraction of sp³-hybridized carbons (Fsp3) is 0.909. The molecule has 1 heterocycles. The van der Waals surface area contributed by atoms with Crippen molar-refractivity contribution < 1.29 is 4.79 Å². The summed E-state index contributed by atoms with van der Waals surface area (Å²) in [6.45, 7) is 2.38. The molecule has 2 aliphatic rings. The highest BCUT2D eigenvalue weighted by Crippen LogP contribution is 2.17. The Kier molecular flexibility index (Phi) is 5.52. The number of rotatable bonds is 3. The summed E-state index contributed by atoms with van der Waals surface area (Å²) in [6, 6.07) is 0.707. The number of nitrogens with two attached hydrogens (primary N) is 1. The van der Waals surface area contributed by atoms with Gasteiger partial charge in [-0.15, -0.1) is 12.4 Å². The first kappa shape index (κ1) is 13.7. The Morgan fingerprint density at radius 3 is 2.56 bits per heavy atom. The number of hydrogen-bond donors (Lipinski definition) is 2. The molecule has 5 heteroatoms. The predicted octanol–water partition coefficient (Wildman–Crippen LogP) is 0.500. The van der Waals surface area contributed by atoms with Crippen LogP contribution in [-0.2, 0) is 4.79 Å². The number of carbonyl (C=O) groups excluding carboxylic acids is 1. The van der Waals surface area contributed by atoms with Gasteiger partial charge in [0, 0.05) is 25.2 Å². The van der Waals surface area contributed by atoms with Crippen LogP contribution < -0.4 is 11.1 Å². The molecule has 2 fully saturated rings. The minimum atomic E-state index is 0. The van der Waals surface area contributed by atoms with Crippen molar-refractivity contribution in [3.8, 4) is 0 Å². The lowest BCUT2D eigenvalue weighted by atomic mass is 10.2. The van der Waals surface area contributed by atoms with Gasteiger partial charge in [0.2, 0.25) is 5.91 Å². The second kappa shape index (κ2) is 6.42. The van der Waals surface area contributed by atoms with Gasteiger partial charge in [0.25, 0.3) is 0 Å². The van der Waals surface area contributed by atoms with Gasteiger partial charge in [0.05, 0.1) is 6.54 Å². The first-order valence-electron chi connectivity index (χ1n) is 6.01. The first-order valence-corrected chi connectivity index (χ1v) is 6.01. The van der Waals surface area contributed by atoms with Crippen LogP contribution in [0.5, 0.6) is 0 Å². The van der Waals surface area contributed by atoms with Gasteiger partial charge in [-0.2, -0.15) is 0 Å². The quantitative estimate of drug-likeness (QED) is 0.764. The Bertz CT molecular complexity index is 231. The van der Waals surface area contributed by atoms with Crippen LogP contribution >= 0.6 is 12.4 Å². The highest BCUT2D eigenvalue weighted by Gasteiger charge is 2.23. The average Bonchev–Trinajstić information content (AvgIpc) is 2.77. The third-order valence-electron chi connectivity index (χ3n) is 3.40. The van der Waals surface area contributed by atoms with E-state index in [4.69, 9.17) is 5.73 Å². The van der Waals surface area contributed by atoms with E-state index in [1.807, 2.05) is 0 Å². The van der Waals surface area contributed by atoms with Crippen molar-refractivity contribution in [3.63, 3.8) is 0 Å². The maximum Gasteiger partial charge on any atom is 0.234 e. The van der Waals surface area contributed by atoms with Gasteiger partial charge in [-0.3, -0.25) is 9.69 Å². The van der Waals surface area contributed by atoms with Crippen molar-refractivity contribution in [2.75, 3.05) is 19.6 Å². The number of likely N-dealkylation sites (tertiary alicyclic amines) is 1. The van der Waals surface area contributed by atoms with Crippen molar-refractivity contribution in [3.05, 3.63) is 0 Å². The van der Waals surface area contributed by atoms with Crippen molar-refractivity contribution in [1.82, 2.24) is 10.2 Å². The summed E-state index contributed by atoms with van der Waals surface area (Å²) in [5.41, 5.74) is 5.79. The fourth-order valence-electron chi connectivity index (χ4n) is 2.55. The van der Waals surface area contributed by atoms with Gasteiger partial charge in [-0.1, -0.05) is 12.8 Å². The van der Waals surface area contributed by atoms with Crippen LogP contribution in [0.3, 0.4) is 0 Å². The molecule has 0 aromatic carbocycles. The predicted molar refractivity (Wildman–Crippen MR) is 66.7 cm³/mol. The molecule has 2 rings (SSSR count).